The average Bonchev–Trinajstić information content (AvgIpc) is 2.03. The summed E-state index contributed by atoms with van der Waals surface area (Å²) in [4.78, 5) is 9.69. The van der Waals surface area contributed by atoms with Crippen LogP contribution in [0.2, 0.25) is 5.02 Å². The lowest BCUT2D eigenvalue weighted by Crippen LogP contribution is -1.97. The summed E-state index contributed by atoms with van der Waals surface area (Å²) in [5.74, 6) is 0. The Balaban J connectivity index is 3.30. The minimum Gasteiger partial charge on any atom is -0.393 e. The largest absolute Gasteiger partial charge is 0.393 e. The van der Waals surface area contributed by atoms with Gasteiger partial charge in [-0.2, -0.15) is 0 Å². The summed E-state index contributed by atoms with van der Waals surface area (Å²) in [5, 5.41) is 10.5. The Morgan fingerprint density at radius 1 is 1.62 bits per heavy atom. The Bertz CT molecular complexity index is 357. The molecule has 0 aliphatic heterocycles. The third kappa shape index (κ3) is 1.86. The van der Waals surface area contributed by atoms with Crippen LogP contribution in [-0.2, 0) is 6.67 Å². The van der Waals surface area contributed by atoms with Crippen LogP contribution in [0.15, 0.2) is 12.1 Å². The van der Waals surface area contributed by atoms with Crippen LogP contribution in [-0.4, -0.2) is 4.92 Å². The Morgan fingerprint density at radius 3 is 2.69 bits per heavy atom. The summed E-state index contributed by atoms with van der Waals surface area (Å²) in [6, 6.07) is 2.21. The van der Waals surface area contributed by atoms with E-state index in [0.717, 1.165) is 6.07 Å². The zero-order chi connectivity index (χ0) is 10.0. The third-order valence-corrected chi connectivity index (χ3v) is 1.89. The summed E-state index contributed by atoms with van der Waals surface area (Å²) >= 11 is 5.56. The molecule has 0 saturated heterocycles. The van der Waals surface area contributed by atoms with Crippen LogP contribution in [0.1, 0.15) is 5.56 Å². The van der Waals surface area contributed by atoms with Gasteiger partial charge in [-0.25, -0.2) is 4.39 Å². The van der Waals surface area contributed by atoms with Crippen molar-refractivity contribution in [1.82, 2.24) is 0 Å². The number of halogens is 2. The number of anilines is 1. The monoisotopic (exact) mass is 204 g/mol. The third-order valence-electron chi connectivity index (χ3n) is 1.54. The molecule has 0 radical (unpaired) electrons. The number of nitrogen functional groups attached to an aromatic ring is 1. The summed E-state index contributed by atoms with van der Waals surface area (Å²) in [6.45, 7) is -0.847. The van der Waals surface area contributed by atoms with Gasteiger partial charge in [0.1, 0.15) is 12.4 Å². The lowest BCUT2D eigenvalue weighted by Gasteiger charge is -2.01. The number of nitro benzene ring substituents is 1. The van der Waals surface area contributed by atoms with Gasteiger partial charge in [0.05, 0.1) is 4.92 Å². The summed E-state index contributed by atoms with van der Waals surface area (Å²) < 4.78 is 12.2. The molecule has 0 aromatic heterocycles. The molecule has 0 bridgehead atoms. The number of nitro groups is 1. The van der Waals surface area contributed by atoms with Gasteiger partial charge in [-0.05, 0) is 6.07 Å². The fourth-order valence-corrected chi connectivity index (χ4v) is 1.10. The molecule has 2 N–H and O–H groups in total. The minimum atomic E-state index is -0.847. The van der Waals surface area contributed by atoms with Crippen molar-refractivity contribution in [1.29, 1.82) is 0 Å². The van der Waals surface area contributed by atoms with Gasteiger partial charge >= 0.3 is 0 Å². The first-order chi connectivity index (χ1) is 6.06. The maximum Gasteiger partial charge on any atom is 0.292 e. The molecule has 0 unspecified atom stereocenters. The molecule has 70 valence electrons. The SMILES string of the molecule is Nc1cc(Cl)c(CF)cc1[N+](=O)[O-]. The van der Waals surface area contributed by atoms with Crippen molar-refractivity contribution in [3.05, 3.63) is 32.8 Å². The maximum atomic E-state index is 12.2. The van der Waals surface area contributed by atoms with E-state index in [2.05, 4.69) is 0 Å². The molecule has 0 atom stereocenters. The van der Waals surface area contributed by atoms with Crippen molar-refractivity contribution < 1.29 is 9.31 Å². The number of hydrogen-bond donors (Lipinski definition) is 1. The van der Waals surface area contributed by atoms with E-state index in [0.29, 0.717) is 0 Å². The van der Waals surface area contributed by atoms with E-state index in [9.17, 15) is 14.5 Å². The van der Waals surface area contributed by atoms with E-state index in [1.54, 1.807) is 0 Å². The van der Waals surface area contributed by atoms with E-state index >= 15 is 0 Å². The number of hydrogen-bond acceptors (Lipinski definition) is 3. The molecule has 1 aromatic rings. The molecule has 0 aliphatic rings. The highest BCUT2D eigenvalue weighted by atomic mass is 35.5. The molecular formula is C7H6ClFN2O2. The molecule has 13 heavy (non-hydrogen) atoms. The molecule has 0 aliphatic carbocycles. The molecule has 1 rings (SSSR count). The maximum absolute atomic E-state index is 12.2. The first-order valence-corrected chi connectivity index (χ1v) is 3.72. The second kappa shape index (κ2) is 3.57. The Labute approximate surface area is 78.3 Å². The van der Waals surface area contributed by atoms with Crippen LogP contribution in [0.5, 0.6) is 0 Å². The molecule has 0 spiro atoms. The van der Waals surface area contributed by atoms with Gasteiger partial charge in [0.15, 0.2) is 0 Å². The zero-order valence-electron chi connectivity index (χ0n) is 6.46. The second-order valence-electron chi connectivity index (χ2n) is 2.39. The van der Waals surface area contributed by atoms with Gasteiger partial charge in [0.25, 0.3) is 5.69 Å². The summed E-state index contributed by atoms with van der Waals surface area (Å²) in [5.41, 5.74) is 4.98. The van der Waals surface area contributed by atoms with Crippen LogP contribution in [0.25, 0.3) is 0 Å². The van der Waals surface area contributed by atoms with Crippen LogP contribution < -0.4 is 5.73 Å². The van der Waals surface area contributed by atoms with Crippen molar-refractivity contribution in [2.75, 3.05) is 5.73 Å². The minimum absolute atomic E-state index is 0.0628. The predicted molar refractivity (Wildman–Crippen MR) is 47.3 cm³/mol. The summed E-state index contributed by atoms with van der Waals surface area (Å²) in [6.07, 6.45) is 0. The molecule has 0 fully saturated rings. The highest BCUT2D eigenvalue weighted by molar-refractivity contribution is 6.31. The number of benzene rings is 1. The Hall–Kier alpha value is -1.36. The molecule has 0 heterocycles. The second-order valence-corrected chi connectivity index (χ2v) is 2.80. The molecular weight excluding hydrogens is 199 g/mol. The van der Waals surface area contributed by atoms with E-state index < -0.39 is 11.6 Å². The predicted octanol–water partition coefficient (Wildman–Crippen LogP) is 2.30. The van der Waals surface area contributed by atoms with Crippen molar-refractivity contribution in [3.8, 4) is 0 Å². The Kier molecular flexibility index (Phi) is 2.67. The lowest BCUT2D eigenvalue weighted by molar-refractivity contribution is -0.384. The number of nitrogens with zero attached hydrogens (tertiary/aromatic N) is 1. The number of rotatable bonds is 2. The van der Waals surface area contributed by atoms with Gasteiger partial charge in [-0.15, -0.1) is 0 Å². The molecule has 4 nitrogen and oxygen atoms in total. The lowest BCUT2D eigenvalue weighted by atomic mass is 10.2. The first kappa shape index (κ1) is 9.73. The van der Waals surface area contributed by atoms with Crippen LogP contribution in [0, 0.1) is 10.1 Å². The van der Waals surface area contributed by atoms with Crippen LogP contribution in [0.4, 0.5) is 15.8 Å². The molecule has 6 heteroatoms. The Morgan fingerprint density at radius 2 is 2.23 bits per heavy atom. The average molecular weight is 205 g/mol. The number of nitrogens with two attached hydrogens (primary N) is 1. The highest BCUT2D eigenvalue weighted by Crippen LogP contribution is 2.29. The van der Waals surface area contributed by atoms with E-state index in [1.807, 2.05) is 0 Å². The topological polar surface area (TPSA) is 69.2 Å². The van der Waals surface area contributed by atoms with Gasteiger partial charge in [-0.1, -0.05) is 11.6 Å². The van der Waals surface area contributed by atoms with Crippen molar-refractivity contribution in [2.45, 2.75) is 6.67 Å². The highest BCUT2D eigenvalue weighted by Gasteiger charge is 2.14. The molecule has 1 aromatic carbocycles. The molecule has 0 amide bonds. The number of alkyl halides is 1. The first-order valence-electron chi connectivity index (χ1n) is 3.34. The van der Waals surface area contributed by atoms with Gasteiger partial charge in [0.2, 0.25) is 0 Å². The van der Waals surface area contributed by atoms with Gasteiger partial charge in [-0.3, -0.25) is 10.1 Å². The van der Waals surface area contributed by atoms with Crippen molar-refractivity contribution in [2.24, 2.45) is 0 Å². The quantitative estimate of drug-likeness (QED) is 0.457. The fourth-order valence-electron chi connectivity index (χ4n) is 0.881. The zero-order valence-corrected chi connectivity index (χ0v) is 7.21. The van der Waals surface area contributed by atoms with Crippen molar-refractivity contribution >= 4 is 23.0 Å². The van der Waals surface area contributed by atoms with Crippen LogP contribution >= 0.6 is 11.6 Å². The fraction of sp³-hybridized carbons (Fsp3) is 0.143. The smallest absolute Gasteiger partial charge is 0.292 e. The summed E-state index contributed by atoms with van der Waals surface area (Å²) in [7, 11) is 0. The van der Waals surface area contributed by atoms with Crippen LogP contribution in [0.3, 0.4) is 0 Å². The van der Waals surface area contributed by atoms with E-state index in [4.69, 9.17) is 17.3 Å². The van der Waals surface area contributed by atoms with Crippen molar-refractivity contribution in [3.63, 3.8) is 0 Å². The van der Waals surface area contributed by atoms with E-state index in [1.165, 1.54) is 6.07 Å². The molecule has 0 saturated carbocycles. The van der Waals surface area contributed by atoms with E-state index in [-0.39, 0.29) is 22.0 Å². The van der Waals surface area contributed by atoms with Gasteiger partial charge < -0.3 is 5.73 Å². The standard InChI is InChI=1S/C7H6ClFN2O2/c8-5-2-6(10)7(11(12)13)1-4(5)3-9/h1-2H,3,10H2. The normalized spacial score (nSPS) is 10.0. The van der Waals surface area contributed by atoms with Gasteiger partial charge in [0, 0.05) is 16.7 Å².